The van der Waals surface area contributed by atoms with Crippen LogP contribution in [0.25, 0.3) is 22.3 Å². The molecule has 1 atom stereocenters. The number of halogens is 3. The molecule has 5 N–H and O–H groups in total. The van der Waals surface area contributed by atoms with E-state index in [0.717, 1.165) is 17.1 Å². The van der Waals surface area contributed by atoms with Crippen molar-refractivity contribution in [3.63, 3.8) is 0 Å². The summed E-state index contributed by atoms with van der Waals surface area (Å²) in [4.78, 5) is 18.3. The lowest BCUT2D eigenvalue weighted by Crippen LogP contribution is -2.15. The summed E-state index contributed by atoms with van der Waals surface area (Å²) in [7, 11) is 0. The zero-order valence-electron chi connectivity index (χ0n) is 15.1. The number of nitrogen functional groups attached to an aromatic ring is 1. The molecule has 1 unspecified atom stereocenters. The maximum absolute atomic E-state index is 12.8. The fraction of sp³-hybridized carbons (Fsp3) is 0.235. The first kappa shape index (κ1) is 18.7. The zero-order valence-corrected chi connectivity index (χ0v) is 15.1. The third kappa shape index (κ3) is 3.81. The van der Waals surface area contributed by atoms with Crippen LogP contribution in [0.5, 0.6) is 0 Å². The smallest absolute Gasteiger partial charge is 0.368 e. The zero-order chi connectivity index (χ0) is 20.6. The molecular formula is C17H16F3N9. The van der Waals surface area contributed by atoms with Crippen molar-refractivity contribution in [2.45, 2.75) is 25.6 Å². The predicted octanol–water partition coefficient (Wildman–Crippen LogP) is 3.30. The molecule has 4 aromatic rings. The molecule has 3 heterocycles. The van der Waals surface area contributed by atoms with Gasteiger partial charge in [-0.2, -0.15) is 33.2 Å². The second-order valence-electron chi connectivity index (χ2n) is 6.30. The molecule has 29 heavy (non-hydrogen) atoms. The Balaban J connectivity index is 1.63. The van der Waals surface area contributed by atoms with Gasteiger partial charge in [-0.05, 0) is 24.6 Å². The Labute approximate surface area is 162 Å². The number of aromatic amines is 2. The van der Waals surface area contributed by atoms with E-state index in [9.17, 15) is 13.2 Å². The van der Waals surface area contributed by atoms with Gasteiger partial charge in [0.2, 0.25) is 17.7 Å². The van der Waals surface area contributed by atoms with Gasteiger partial charge in [-0.25, -0.2) is 4.98 Å². The minimum atomic E-state index is -4.55. The summed E-state index contributed by atoms with van der Waals surface area (Å²) in [6, 6.07) is 4.97. The van der Waals surface area contributed by atoms with Crippen LogP contribution in [0.2, 0.25) is 0 Å². The molecule has 0 saturated heterocycles. The third-order valence-electron chi connectivity index (χ3n) is 4.30. The van der Waals surface area contributed by atoms with Crippen molar-refractivity contribution in [1.29, 1.82) is 0 Å². The lowest BCUT2D eigenvalue weighted by molar-refractivity contribution is -0.144. The number of H-pyrrole nitrogens is 2. The summed E-state index contributed by atoms with van der Waals surface area (Å²) in [6.07, 6.45) is -1.27. The van der Waals surface area contributed by atoms with Crippen molar-refractivity contribution >= 4 is 22.8 Å². The normalized spacial score (nSPS) is 13.0. The topological polar surface area (TPSA) is 134 Å². The fourth-order valence-electron chi connectivity index (χ4n) is 2.88. The molecule has 0 aliphatic heterocycles. The summed E-state index contributed by atoms with van der Waals surface area (Å²) >= 11 is 0. The molecule has 1 aromatic carbocycles. The number of rotatable bonds is 5. The number of imidazole rings is 1. The van der Waals surface area contributed by atoms with Gasteiger partial charge in [0.25, 0.3) is 0 Å². The van der Waals surface area contributed by atoms with Crippen LogP contribution in [0.4, 0.5) is 25.1 Å². The number of nitrogens with zero attached hydrogens (tertiary/aromatic N) is 5. The van der Waals surface area contributed by atoms with Gasteiger partial charge in [0.15, 0.2) is 5.82 Å². The van der Waals surface area contributed by atoms with E-state index in [1.54, 1.807) is 12.3 Å². The van der Waals surface area contributed by atoms with Crippen molar-refractivity contribution in [2.75, 3.05) is 11.1 Å². The minimum Gasteiger partial charge on any atom is -0.368 e. The molecule has 12 heteroatoms. The fourth-order valence-corrected chi connectivity index (χ4v) is 2.88. The average Bonchev–Trinajstić information content (AvgIpc) is 3.34. The Morgan fingerprint density at radius 1 is 1.17 bits per heavy atom. The first-order valence-corrected chi connectivity index (χ1v) is 8.67. The van der Waals surface area contributed by atoms with Gasteiger partial charge in [-0.1, -0.05) is 6.92 Å². The maximum atomic E-state index is 12.8. The number of fused-ring (bicyclic) bond motifs is 1. The molecule has 0 radical (unpaired) electrons. The molecule has 150 valence electrons. The Morgan fingerprint density at radius 2 is 2.00 bits per heavy atom. The highest BCUT2D eigenvalue weighted by Gasteiger charge is 2.35. The van der Waals surface area contributed by atoms with Gasteiger partial charge in [0, 0.05) is 10.9 Å². The second kappa shape index (κ2) is 7.04. The van der Waals surface area contributed by atoms with E-state index in [1.807, 2.05) is 19.1 Å². The molecule has 9 nitrogen and oxygen atoms in total. The Hall–Kier alpha value is -3.70. The number of alkyl halides is 3. The minimum absolute atomic E-state index is 0.0137. The Morgan fingerprint density at radius 3 is 2.72 bits per heavy atom. The number of anilines is 2. The summed E-state index contributed by atoms with van der Waals surface area (Å²) < 4.78 is 38.4. The van der Waals surface area contributed by atoms with Crippen LogP contribution in [-0.4, -0.2) is 35.1 Å². The summed E-state index contributed by atoms with van der Waals surface area (Å²) in [5, 5.41) is 10.7. The molecule has 3 aromatic heterocycles. The number of hydrogen-bond donors (Lipinski definition) is 4. The standard InChI is InChI=1S/C17H16F3N9/c1-2-10(12-7-22-14(24-12)17(18,19)20)25-16-27-13(26-15(21)28-16)8-3-4-11-9(5-8)6-23-29-11/h3-7,10H,2H2,1H3,(H,22,24)(H,23,29)(H3,21,25,26,27,28). The van der Waals surface area contributed by atoms with Crippen molar-refractivity contribution in [1.82, 2.24) is 35.1 Å². The SMILES string of the molecule is CCC(Nc1nc(N)nc(-c2ccc3[nH]ncc3c2)n1)c1cnc(C(F)(F)F)[nH]1. The van der Waals surface area contributed by atoms with E-state index in [2.05, 4.69) is 40.4 Å². The van der Waals surface area contributed by atoms with E-state index in [1.165, 1.54) is 0 Å². The molecule has 4 rings (SSSR count). The number of nitrogens with two attached hydrogens (primary N) is 1. The van der Waals surface area contributed by atoms with Crippen molar-refractivity contribution in [3.8, 4) is 11.4 Å². The average molecular weight is 403 g/mol. The number of nitrogens with one attached hydrogen (secondary N) is 3. The Kier molecular flexibility index (Phi) is 4.53. The van der Waals surface area contributed by atoms with Crippen LogP contribution < -0.4 is 11.1 Å². The first-order valence-electron chi connectivity index (χ1n) is 8.67. The molecule has 0 bridgehead atoms. The number of hydrogen-bond acceptors (Lipinski definition) is 7. The van der Waals surface area contributed by atoms with Gasteiger partial charge in [-0.3, -0.25) is 5.10 Å². The number of aromatic nitrogens is 7. The summed E-state index contributed by atoms with van der Waals surface area (Å²) in [6.45, 7) is 1.81. The van der Waals surface area contributed by atoms with Gasteiger partial charge in [0.1, 0.15) is 0 Å². The lowest BCUT2D eigenvalue weighted by atomic mass is 10.1. The van der Waals surface area contributed by atoms with Crippen LogP contribution in [0, 0.1) is 0 Å². The predicted molar refractivity (Wildman–Crippen MR) is 99.6 cm³/mol. The molecule has 0 amide bonds. The van der Waals surface area contributed by atoms with E-state index in [4.69, 9.17) is 5.73 Å². The number of benzene rings is 1. The second-order valence-corrected chi connectivity index (χ2v) is 6.30. The first-order chi connectivity index (χ1) is 13.8. The van der Waals surface area contributed by atoms with Crippen LogP contribution in [0.15, 0.2) is 30.6 Å². The Bertz CT molecular complexity index is 1150. The highest BCUT2D eigenvalue weighted by atomic mass is 19.4. The third-order valence-corrected chi connectivity index (χ3v) is 4.30. The highest BCUT2D eigenvalue weighted by molar-refractivity contribution is 5.82. The molecule has 0 spiro atoms. The molecule has 0 fully saturated rings. The van der Waals surface area contributed by atoms with E-state index in [0.29, 0.717) is 17.8 Å². The monoisotopic (exact) mass is 403 g/mol. The molecule has 0 aliphatic carbocycles. The largest absolute Gasteiger partial charge is 0.449 e. The molecule has 0 aliphatic rings. The van der Waals surface area contributed by atoms with Gasteiger partial charge in [-0.15, -0.1) is 0 Å². The van der Waals surface area contributed by atoms with Crippen molar-refractivity contribution in [2.24, 2.45) is 0 Å². The van der Waals surface area contributed by atoms with Gasteiger partial charge in [0.05, 0.1) is 29.6 Å². The quantitative estimate of drug-likeness (QED) is 0.402. The lowest BCUT2D eigenvalue weighted by Gasteiger charge is -2.16. The molecule has 0 saturated carbocycles. The highest BCUT2D eigenvalue weighted by Crippen LogP contribution is 2.29. The van der Waals surface area contributed by atoms with Crippen LogP contribution >= 0.6 is 0 Å². The van der Waals surface area contributed by atoms with Crippen LogP contribution in [0.3, 0.4) is 0 Å². The summed E-state index contributed by atoms with van der Waals surface area (Å²) in [5.74, 6) is -0.592. The van der Waals surface area contributed by atoms with Crippen LogP contribution in [-0.2, 0) is 6.18 Å². The maximum Gasteiger partial charge on any atom is 0.449 e. The molecular weight excluding hydrogens is 387 g/mol. The van der Waals surface area contributed by atoms with Crippen molar-refractivity contribution < 1.29 is 13.2 Å². The van der Waals surface area contributed by atoms with E-state index < -0.39 is 18.0 Å². The van der Waals surface area contributed by atoms with E-state index >= 15 is 0 Å². The summed E-state index contributed by atoms with van der Waals surface area (Å²) in [5.41, 5.74) is 7.64. The van der Waals surface area contributed by atoms with Gasteiger partial charge >= 0.3 is 6.18 Å². The van der Waals surface area contributed by atoms with E-state index in [-0.39, 0.29) is 17.6 Å². The van der Waals surface area contributed by atoms with Crippen molar-refractivity contribution in [3.05, 3.63) is 42.1 Å². The van der Waals surface area contributed by atoms with Gasteiger partial charge < -0.3 is 16.0 Å². The van der Waals surface area contributed by atoms with Crippen LogP contribution in [0.1, 0.15) is 30.9 Å².